The highest BCUT2D eigenvalue weighted by Crippen LogP contribution is 2.40. The molecule has 0 bridgehead atoms. The van der Waals surface area contributed by atoms with Gasteiger partial charge >= 0.3 is 6.18 Å². The maximum atomic E-state index is 12.3. The lowest BCUT2D eigenvalue weighted by molar-refractivity contribution is -0.143. The highest BCUT2D eigenvalue weighted by molar-refractivity contribution is 5.32. The van der Waals surface area contributed by atoms with Crippen LogP contribution in [0.5, 0.6) is 0 Å². The highest BCUT2D eigenvalue weighted by atomic mass is 19.4. The smallest absolute Gasteiger partial charge is 0.368 e. The maximum absolute atomic E-state index is 12.3. The first kappa shape index (κ1) is 15.5. The summed E-state index contributed by atoms with van der Waals surface area (Å²) in [5.41, 5.74) is 7.02. The first-order chi connectivity index (χ1) is 10.4. The summed E-state index contributed by atoms with van der Waals surface area (Å²) in [6, 6.07) is 0. The van der Waals surface area contributed by atoms with E-state index in [1.165, 1.54) is 0 Å². The van der Waals surface area contributed by atoms with Crippen molar-refractivity contribution in [3.63, 3.8) is 0 Å². The van der Waals surface area contributed by atoms with Crippen molar-refractivity contribution in [2.75, 3.05) is 32.0 Å². The zero-order valence-electron chi connectivity index (χ0n) is 12.2. The lowest BCUT2D eigenvalue weighted by atomic mass is 9.83. The van der Waals surface area contributed by atoms with Gasteiger partial charge in [-0.05, 0) is 24.8 Å². The Hall–Kier alpha value is -1.41. The molecule has 0 amide bonds. The molecule has 1 fully saturated rings. The molecule has 0 saturated carbocycles. The van der Waals surface area contributed by atoms with Gasteiger partial charge in [0.15, 0.2) is 0 Å². The predicted molar refractivity (Wildman–Crippen MR) is 74.1 cm³/mol. The van der Waals surface area contributed by atoms with Crippen LogP contribution in [-0.4, -0.2) is 47.3 Å². The van der Waals surface area contributed by atoms with Crippen LogP contribution >= 0.6 is 0 Å². The fourth-order valence-corrected chi connectivity index (χ4v) is 3.23. The number of alkyl halides is 3. The van der Waals surface area contributed by atoms with Gasteiger partial charge in [-0.25, -0.2) is 9.97 Å². The van der Waals surface area contributed by atoms with Crippen LogP contribution in [0.15, 0.2) is 6.20 Å². The molecule has 0 atom stereocenters. The predicted octanol–water partition coefficient (Wildman–Crippen LogP) is 1.87. The minimum atomic E-state index is -4.11. The fraction of sp³-hybridized carbons (Fsp3) is 0.714. The van der Waals surface area contributed by atoms with E-state index in [9.17, 15) is 13.2 Å². The number of piperidine rings is 1. The Morgan fingerprint density at radius 1 is 1.32 bits per heavy atom. The first-order valence-electron chi connectivity index (χ1n) is 7.43. The summed E-state index contributed by atoms with van der Waals surface area (Å²) in [5, 5.41) is 0. The van der Waals surface area contributed by atoms with Crippen molar-refractivity contribution in [3.05, 3.63) is 17.5 Å². The van der Waals surface area contributed by atoms with Crippen molar-refractivity contribution in [1.82, 2.24) is 14.9 Å². The molecule has 1 aromatic rings. The van der Waals surface area contributed by atoms with Gasteiger partial charge in [-0.15, -0.1) is 0 Å². The Labute approximate surface area is 126 Å². The zero-order chi connectivity index (χ0) is 15.8. The summed E-state index contributed by atoms with van der Waals surface area (Å²) in [5.74, 6) is 0.211. The second-order valence-electron chi connectivity index (χ2n) is 5.90. The van der Waals surface area contributed by atoms with Crippen molar-refractivity contribution >= 4 is 5.95 Å². The van der Waals surface area contributed by atoms with E-state index >= 15 is 0 Å². The molecule has 3 rings (SSSR count). The molecule has 122 valence electrons. The second-order valence-corrected chi connectivity index (χ2v) is 5.90. The highest BCUT2D eigenvalue weighted by Gasteiger charge is 2.42. The van der Waals surface area contributed by atoms with Gasteiger partial charge in [-0.1, -0.05) is 0 Å². The summed E-state index contributed by atoms with van der Waals surface area (Å²) in [4.78, 5) is 10.2. The van der Waals surface area contributed by atoms with Gasteiger partial charge in [-0.2, -0.15) is 13.2 Å². The average molecular weight is 316 g/mol. The standard InChI is InChI=1S/C14H19F3N4O/c15-14(16,17)4-7-21-5-2-13(3-6-21)11-10(1-8-22-13)9-19-12(18)20-11/h9H,1-8H2,(H2,18,19,20). The lowest BCUT2D eigenvalue weighted by Gasteiger charge is -2.44. The molecule has 8 heteroatoms. The molecule has 0 aromatic carbocycles. The Balaban J connectivity index is 1.70. The van der Waals surface area contributed by atoms with E-state index in [1.807, 2.05) is 4.90 Å². The molecular formula is C14H19F3N4O. The van der Waals surface area contributed by atoms with E-state index in [2.05, 4.69) is 9.97 Å². The summed E-state index contributed by atoms with van der Waals surface area (Å²) in [6.07, 6.45) is -1.13. The number of hydrogen-bond donors (Lipinski definition) is 1. The fourth-order valence-electron chi connectivity index (χ4n) is 3.23. The van der Waals surface area contributed by atoms with Crippen LogP contribution in [0.4, 0.5) is 19.1 Å². The maximum Gasteiger partial charge on any atom is 0.390 e. The van der Waals surface area contributed by atoms with E-state index in [1.54, 1.807) is 6.20 Å². The number of anilines is 1. The number of fused-ring (bicyclic) bond motifs is 2. The van der Waals surface area contributed by atoms with Crippen LogP contribution in [0, 0.1) is 0 Å². The number of likely N-dealkylation sites (tertiary alicyclic amines) is 1. The molecule has 5 nitrogen and oxygen atoms in total. The number of ether oxygens (including phenoxy) is 1. The zero-order valence-corrected chi connectivity index (χ0v) is 12.2. The number of nitrogens with zero attached hydrogens (tertiary/aromatic N) is 3. The Morgan fingerprint density at radius 2 is 2.05 bits per heavy atom. The molecule has 2 aliphatic rings. The topological polar surface area (TPSA) is 64.3 Å². The minimum absolute atomic E-state index is 0.0400. The van der Waals surface area contributed by atoms with Gasteiger partial charge in [-0.3, -0.25) is 0 Å². The van der Waals surface area contributed by atoms with Crippen molar-refractivity contribution in [3.8, 4) is 0 Å². The number of nitrogens with two attached hydrogens (primary N) is 1. The van der Waals surface area contributed by atoms with E-state index in [4.69, 9.17) is 10.5 Å². The summed E-state index contributed by atoms with van der Waals surface area (Å²) in [6.45, 7) is 1.76. The summed E-state index contributed by atoms with van der Waals surface area (Å²) >= 11 is 0. The Bertz CT molecular complexity index is 541. The van der Waals surface area contributed by atoms with Crippen LogP contribution < -0.4 is 5.73 Å². The van der Waals surface area contributed by atoms with Crippen LogP contribution in [0.3, 0.4) is 0 Å². The number of hydrogen-bond acceptors (Lipinski definition) is 5. The van der Waals surface area contributed by atoms with Gasteiger partial charge < -0.3 is 15.4 Å². The van der Waals surface area contributed by atoms with Gasteiger partial charge in [0.05, 0.1) is 18.7 Å². The van der Waals surface area contributed by atoms with Gasteiger partial charge in [0, 0.05) is 25.8 Å². The average Bonchev–Trinajstić information content (AvgIpc) is 2.47. The van der Waals surface area contributed by atoms with Crippen LogP contribution in [0.2, 0.25) is 0 Å². The monoisotopic (exact) mass is 316 g/mol. The Morgan fingerprint density at radius 3 is 2.73 bits per heavy atom. The van der Waals surface area contributed by atoms with Crippen molar-refractivity contribution in [1.29, 1.82) is 0 Å². The van der Waals surface area contributed by atoms with Crippen molar-refractivity contribution in [2.45, 2.75) is 37.5 Å². The van der Waals surface area contributed by atoms with E-state index < -0.39 is 18.2 Å². The second kappa shape index (κ2) is 5.66. The van der Waals surface area contributed by atoms with E-state index in [0.29, 0.717) is 32.5 Å². The largest absolute Gasteiger partial charge is 0.390 e. The number of rotatable bonds is 2. The molecule has 3 heterocycles. The summed E-state index contributed by atoms with van der Waals surface area (Å²) in [7, 11) is 0. The molecule has 1 aromatic heterocycles. The van der Waals surface area contributed by atoms with Crippen LogP contribution in [0.25, 0.3) is 0 Å². The molecular weight excluding hydrogens is 297 g/mol. The van der Waals surface area contributed by atoms with Crippen molar-refractivity contribution in [2.24, 2.45) is 0 Å². The molecule has 1 spiro atoms. The molecule has 1 saturated heterocycles. The molecule has 22 heavy (non-hydrogen) atoms. The summed E-state index contributed by atoms with van der Waals surface area (Å²) < 4.78 is 42.9. The van der Waals surface area contributed by atoms with E-state index in [0.717, 1.165) is 17.7 Å². The number of nitrogen functional groups attached to an aromatic ring is 1. The molecule has 2 aliphatic heterocycles. The third-order valence-electron chi connectivity index (χ3n) is 4.44. The number of halogens is 3. The molecule has 0 radical (unpaired) electrons. The normalized spacial score (nSPS) is 21.8. The lowest BCUT2D eigenvalue weighted by Crippen LogP contribution is -2.47. The quantitative estimate of drug-likeness (QED) is 0.902. The third kappa shape index (κ3) is 3.17. The van der Waals surface area contributed by atoms with E-state index in [-0.39, 0.29) is 12.5 Å². The minimum Gasteiger partial charge on any atom is -0.368 e. The van der Waals surface area contributed by atoms with Crippen molar-refractivity contribution < 1.29 is 17.9 Å². The molecule has 0 aliphatic carbocycles. The Kier molecular flexibility index (Phi) is 3.98. The third-order valence-corrected chi connectivity index (χ3v) is 4.44. The van der Waals surface area contributed by atoms with Gasteiger partial charge in [0.2, 0.25) is 5.95 Å². The van der Waals surface area contributed by atoms with Gasteiger partial charge in [0.1, 0.15) is 5.60 Å². The molecule has 2 N–H and O–H groups in total. The number of aromatic nitrogens is 2. The first-order valence-corrected chi connectivity index (χ1v) is 7.43. The van der Waals surface area contributed by atoms with Crippen LogP contribution in [-0.2, 0) is 16.8 Å². The van der Waals surface area contributed by atoms with Crippen LogP contribution in [0.1, 0.15) is 30.5 Å². The SMILES string of the molecule is Nc1ncc2c(n1)C1(CCN(CCC(F)(F)F)CC1)OCC2. The molecule has 0 unspecified atom stereocenters. The van der Waals surface area contributed by atoms with Gasteiger partial charge in [0.25, 0.3) is 0 Å².